The van der Waals surface area contributed by atoms with Crippen LogP contribution in [0.4, 0.5) is 0 Å². The van der Waals surface area contributed by atoms with Crippen molar-refractivity contribution in [3.63, 3.8) is 0 Å². The number of hydrogen-bond donors (Lipinski definition) is 0. The van der Waals surface area contributed by atoms with Crippen molar-refractivity contribution in [3.8, 4) is 0 Å². The lowest BCUT2D eigenvalue weighted by Crippen LogP contribution is -2.27. The van der Waals surface area contributed by atoms with E-state index in [-0.39, 0.29) is 25.2 Å². The van der Waals surface area contributed by atoms with Crippen LogP contribution in [0.5, 0.6) is 0 Å². The minimum atomic E-state index is -0.398. The van der Waals surface area contributed by atoms with Gasteiger partial charge in [-0.2, -0.15) is 0 Å². The molecule has 0 rings (SSSR count). The van der Waals surface area contributed by atoms with Crippen LogP contribution in [0.15, 0.2) is 0 Å². The van der Waals surface area contributed by atoms with Crippen molar-refractivity contribution in [2.24, 2.45) is 0 Å². The van der Waals surface area contributed by atoms with Crippen LogP contribution in [0, 0.1) is 0 Å². The highest BCUT2D eigenvalue weighted by molar-refractivity contribution is 7.98. The Labute approximate surface area is 93.4 Å². The first-order valence-electron chi connectivity index (χ1n) is 4.43. The summed E-state index contributed by atoms with van der Waals surface area (Å²) in [6, 6.07) is 0. The van der Waals surface area contributed by atoms with Crippen LogP contribution in [-0.2, 0) is 23.8 Å². The summed E-state index contributed by atoms with van der Waals surface area (Å²) in [6.07, 6.45) is 1.49. The van der Waals surface area contributed by atoms with Crippen LogP contribution < -0.4 is 0 Å². The molecule has 0 aliphatic carbocycles. The van der Waals surface area contributed by atoms with E-state index in [9.17, 15) is 9.59 Å². The molecule has 0 aromatic rings. The number of carbonyl (C=O) groups excluding carboxylic acids is 2. The van der Waals surface area contributed by atoms with Gasteiger partial charge in [-0.1, -0.05) is 0 Å². The zero-order valence-corrected chi connectivity index (χ0v) is 9.96. The van der Waals surface area contributed by atoms with Crippen LogP contribution in [-0.4, -0.2) is 43.5 Å². The maximum atomic E-state index is 10.6. The summed E-state index contributed by atoms with van der Waals surface area (Å²) in [5.41, 5.74) is 0. The summed E-state index contributed by atoms with van der Waals surface area (Å²) < 4.78 is 14.8. The smallest absolute Gasteiger partial charge is 0.302 e. The predicted molar refractivity (Wildman–Crippen MR) is 56.5 cm³/mol. The van der Waals surface area contributed by atoms with E-state index in [1.807, 2.05) is 6.26 Å². The number of ether oxygens (including phenoxy) is 3. The molecule has 0 radical (unpaired) electrons. The lowest BCUT2D eigenvalue weighted by Gasteiger charge is -2.16. The lowest BCUT2D eigenvalue weighted by molar-refractivity contribution is -0.151. The first kappa shape index (κ1) is 14.2. The summed E-state index contributed by atoms with van der Waals surface area (Å²) in [4.78, 5) is 21.1. The van der Waals surface area contributed by atoms with Crippen LogP contribution in [0.2, 0.25) is 0 Å². The Morgan fingerprint density at radius 2 is 1.60 bits per heavy atom. The average Bonchev–Trinajstić information content (AvgIpc) is 2.16. The number of carbonyl (C=O) groups is 2. The Hall–Kier alpha value is -0.750. The molecule has 0 fully saturated rings. The summed E-state index contributed by atoms with van der Waals surface area (Å²) in [5, 5.41) is 0. The van der Waals surface area contributed by atoms with E-state index in [0.717, 1.165) is 0 Å². The second-order valence-corrected chi connectivity index (χ2v) is 3.61. The highest BCUT2D eigenvalue weighted by Gasteiger charge is 2.12. The predicted octanol–water partition coefficient (Wildman–Crippen LogP) is 0.818. The molecule has 5 nitrogen and oxygen atoms in total. The third-order valence-corrected chi connectivity index (χ3v) is 1.74. The fourth-order valence-corrected chi connectivity index (χ4v) is 1.06. The number of rotatable bonds is 7. The topological polar surface area (TPSA) is 61.8 Å². The molecular weight excluding hydrogens is 220 g/mol. The maximum absolute atomic E-state index is 10.6. The number of thioether (sulfide) groups is 1. The normalized spacial score (nSPS) is 10.1. The SMILES string of the molecule is CSCOC(COC(C)=O)COC(C)=O. The average molecular weight is 236 g/mol. The first-order valence-corrected chi connectivity index (χ1v) is 5.83. The minimum absolute atomic E-state index is 0.100. The second kappa shape index (κ2) is 8.55. The van der Waals surface area contributed by atoms with Gasteiger partial charge >= 0.3 is 11.9 Å². The summed E-state index contributed by atoms with van der Waals surface area (Å²) in [6.45, 7) is 2.83. The molecule has 0 aromatic carbocycles. The third-order valence-electron chi connectivity index (χ3n) is 1.37. The van der Waals surface area contributed by atoms with Gasteiger partial charge in [-0.3, -0.25) is 9.59 Å². The van der Waals surface area contributed by atoms with Gasteiger partial charge in [0, 0.05) is 13.8 Å². The highest BCUT2D eigenvalue weighted by atomic mass is 32.2. The molecule has 0 N–H and O–H groups in total. The molecule has 0 aliphatic rings. The summed E-state index contributed by atoms with van der Waals surface area (Å²) in [5.74, 6) is -0.293. The van der Waals surface area contributed by atoms with Crippen molar-refractivity contribution in [2.45, 2.75) is 20.0 Å². The Kier molecular flexibility index (Phi) is 8.12. The quantitative estimate of drug-likeness (QED) is 0.481. The van der Waals surface area contributed by atoms with Crippen molar-refractivity contribution >= 4 is 23.7 Å². The molecule has 0 spiro atoms. The van der Waals surface area contributed by atoms with Gasteiger partial charge in [0.05, 0.1) is 5.94 Å². The van der Waals surface area contributed by atoms with E-state index < -0.39 is 6.10 Å². The Morgan fingerprint density at radius 3 is 1.93 bits per heavy atom. The molecular formula is C9H16O5S. The largest absolute Gasteiger partial charge is 0.463 e. The number of hydrogen-bond acceptors (Lipinski definition) is 6. The van der Waals surface area contributed by atoms with E-state index in [1.165, 1.54) is 25.6 Å². The van der Waals surface area contributed by atoms with Crippen LogP contribution >= 0.6 is 11.8 Å². The van der Waals surface area contributed by atoms with Gasteiger partial charge in [0.25, 0.3) is 0 Å². The van der Waals surface area contributed by atoms with Gasteiger partial charge in [-0.25, -0.2) is 0 Å². The van der Waals surface area contributed by atoms with Crippen LogP contribution in [0.25, 0.3) is 0 Å². The van der Waals surface area contributed by atoms with Crippen molar-refractivity contribution < 1.29 is 23.8 Å². The fourth-order valence-electron chi connectivity index (χ4n) is 0.729. The molecule has 0 unspecified atom stereocenters. The first-order chi connectivity index (χ1) is 7.06. The molecule has 0 atom stereocenters. The number of esters is 2. The molecule has 6 heteroatoms. The highest BCUT2D eigenvalue weighted by Crippen LogP contribution is 2.01. The summed E-state index contributed by atoms with van der Waals surface area (Å²) >= 11 is 1.50. The Balaban J connectivity index is 3.82. The Morgan fingerprint density at radius 1 is 1.13 bits per heavy atom. The molecule has 0 heterocycles. The minimum Gasteiger partial charge on any atom is -0.463 e. The fraction of sp³-hybridized carbons (Fsp3) is 0.778. The van der Waals surface area contributed by atoms with Crippen molar-refractivity contribution in [1.82, 2.24) is 0 Å². The van der Waals surface area contributed by atoms with Gasteiger partial charge in [0.15, 0.2) is 0 Å². The molecule has 0 amide bonds. The van der Waals surface area contributed by atoms with Crippen LogP contribution in [0.3, 0.4) is 0 Å². The van der Waals surface area contributed by atoms with E-state index in [1.54, 1.807) is 0 Å². The van der Waals surface area contributed by atoms with Gasteiger partial charge < -0.3 is 14.2 Å². The van der Waals surface area contributed by atoms with E-state index in [0.29, 0.717) is 5.94 Å². The molecule has 0 aliphatic heterocycles. The van der Waals surface area contributed by atoms with Crippen molar-refractivity contribution in [2.75, 3.05) is 25.4 Å². The zero-order chi connectivity index (χ0) is 11.7. The maximum Gasteiger partial charge on any atom is 0.302 e. The molecule has 0 saturated carbocycles. The van der Waals surface area contributed by atoms with Crippen molar-refractivity contribution in [1.29, 1.82) is 0 Å². The van der Waals surface area contributed by atoms with Crippen molar-refractivity contribution in [3.05, 3.63) is 0 Å². The molecule has 0 aromatic heterocycles. The van der Waals surface area contributed by atoms with E-state index in [2.05, 4.69) is 0 Å². The molecule has 88 valence electrons. The summed E-state index contributed by atoms with van der Waals surface area (Å²) in [7, 11) is 0. The molecule has 0 saturated heterocycles. The second-order valence-electron chi connectivity index (χ2n) is 2.80. The monoisotopic (exact) mass is 236 g/mol. The van der Waals surface area contributed by atoms with E-state index >= 15 is 0 Å². The standard InChI is InChI=1S/C9H16O5S/c1-7(10)12-4-9(14-6-15-3)5-13-8(2)11/h9H,4-6H2,1-3H3. The third kappa shape index (κ3) is 9.55. The van der Waals surface area contributed by atoms with Gasteiger partial charge in [0.2, 0.25) is 0 Å². The van der Waals surface area contributed by atoms with E-state index in [4.69, 9.17) is 14.2 Å². The van der Waals surface area contributed by atoms with Gasteiger partial charge in [-0.05, 0) is 6.26 Å². The van der Waals surface area contributed by atoms with Gasteiger partial charge in [-0.15, -0.1) is 11.8 Å². The molecule has 15 heavy (non-hydrogen) atoms. The Bertz CT molecular complexity index is 189. The zero-order valence-electron chi connectivity index (χ0n) is 9.15. The van der Waals surface area contributed by atoms with Gasteiger partial charge in [0.1, 0.15) is 19.3 Å². The van der Waals surface area contributed by atoms with Crippen LogP contribution in [0.1, 0.15) is 13.8 Å². The molecule has 0 bridgehead atoms. The lowest BCUT2D eigenvalue weighted by atomic mass is 10.4.